The highest BCUT2D eigenvalue weighted by Crippen LogP contribution is 2.27. The minimum Gasteiger partial charge on any atom is -0.385 e. The Hall–Kier alpha value is -1.04. The first-order chi connectivity index (χ1) is 10.2. The zero-order valence-electron chi connectivity index (χ0n) is 12.9. The maximum Gasteiger partial charge on any atom is 0.242 e. The minimum absolute atomic E-state index is 0.312. The minimum atomic E-state index is -0.774. The van der Waals surface area contributed by atoms with Gasteiger partial charge < -0.3 is 10.5 Å². The molecule has 0 aliphatic carbocycles. The van der Waals surface area contributed by atoms with Crippen LogP contribution in [0.3, 0.4) is 0 Å². The number of thioether (sulfide) groups is 1. The number of likely N-dealkylation sites (N-methyl/N-ethyl adjacent to an activating group) is 1. The number of benzene rings is 1. The topological polar surface area (TPSA) is 64.3 Å². The Balaban J connectivity index is 2.71. The van der Waals surface area contributed by atoms with Crippen molar-refractivity contribution in [2.24, 2.45) is 5.73 Å². The summed E-state index contributed by atoms with van der Waals surface area (Å²) in [7, 11) is 1.71. The summed E-state index contributed by atoms with van der Waals surface area (Å²) in [6, 6.07) is 9.75. The average molecular weight is 310 g/mol. The monoisotopic (exact) mass is 310 g/mol. The Labute approximate surface area is 131 Å². The lowest BCUT2D eigenvalue weighted by atomic mass is 9.86. The molecule has 0 aliphatic rings. The van der Waals surface area contributed by atoms with Crippen LogP contribution in [-0.2, 0) is 15.1 Å². The summed E-state index contributed by atoms with van der Waals surface area (Å²) < 4.78 is 5.04. The Kier molecular flexibility index (Phi) is 8.42. The molecule has 0 aliphatic heterocycles. The van der Waals surface area contributed by atoms with E-state index < -0.39 is 5.54 Å². The lowest BCUT2D eigenvalue weighted by Gasteiger charge is -2.32. The third-order valence-corrected chi connectivity index (χ3v) is 4.49. The second kappa shape index (κ2) is 9.82. The van der Waals surface area contributed by atoms with Crippen molar-refractivity contribution >= 4 is 17.7 Å². The molecule has 1 atom stereocenters. The predicted molar refractivity (Wildman–Crippen MR) is 89.4 cm³/mol. The number of carbonyl (C=O) groups is 1. The van der Waals surface area contributed by atoms with Gasteiger partial charge in [-0.25, -0.2) is 0 Å². The highest BCUT2D eigenvalue weighted by atomic mass is 32.2. The molecule has 1 aromatic rings. The van der Waals surface area contributed by atoms with E-state index in [1.165, 1.54) is 0 Å². The van der Waals surface area contributed by atoms with Gasteiger partial charge in [0.1, 0.15) is 5.54 Å². The van der Waals surface area contributed by atoms with Crippen LogP contribution in [0.2, 0.25) is 0 Å². The average Bonchev–Trinajstić information content (AvgIpc) is 2.50. The number of amides is 1. The van der Waals surface area contributed by atoms with Gasteiger partial charge in [-0.05, 0) is 36.5 Å². The third kappa shape index (κ3) is 5.34. The highest BCUT2D eigenvalue weighted by Gasteiger charge is 2.36. The molecule has 0 heterocycles. The largest absolute Gasteiger partial charge is 0.385 e. The van der Waals surface area contributed by atoms with Crippen LogP contribution in [0.5, 0.6) is 0 Å². The first-order valence-electron chi connectivity index (χ1n) is 7.34. The first kappa shape index (κ1) is 18.0. The number of carbonyl (C=O) groups excluding carboxylic acids is 1. The SMILES string of the molecule is CCNC(CCSCCCOC)(C(N)=O)c1ccccc1. The van der Waals surface area contributed by atoms with E-state index in [1.54, 1.807) is 7.11 Å². The fourth-order valence-electron chi connectivity index (χ4n) is 2.34. The number of hydrogen-bond acceptors (Lipinski definition) is 4. The molecule has 0 saturated heterocycles. The highest BCUT2D eigenvalue weighted by molar-refractivity contribution is 7.99. The Morgan fingerprint density at radius 3 is 2.62 bits per heavy atom. The number of nitrogens with two attached hydrogens (primary N) is 1. The molecule has 0 aromatic heterocycles. The molecule has 0 saturated carbocycles. The van der Waals surface area contributed by atoms with Gasteiger partial charge in [0.25, 0.3) is 0 Å². The number of nitrogens with one attached hydrogen (secondary N) is 1. The van der Waals surface area contributed by atoms with Gasteiger partial charge in [0, 0.05) is 13.7 Å². The van der Waals surface area contributed by atoms with Crippen LogP contribution in [0.1, 0.15) is 25.3 Å². The van der Waals surface area contributed by atoms with Crippen molar-refractivity contribution in [3.8, 4) is 0 Å². The van der Waals surface area contributed by atoms with Gasteiger partial charge in [0.2, 0.25) is 5.91 Å². The summed E-state index contributed by atoms with van der Waals surface area (Å²) in [5, 5.41) is 3.30. The summed E-state index contributed by atoms with van der Waals surface area (Å²) in [5.41, 5.74) is 5.89. The van der Waals surface area contributed by atoms with Crippen molar-refractivity contribution in [2.45, 2.75) is 25.3 Å². The quantitative estimate of drug-likeness (QED) is 0.615. The maximum absolute atomic E-state index is 12.1. The van der Waals surface area contributed by atoms with Gasteiger partial charge in [-0.3, -0.25) is 10.1 Å². The van der Waals surface area contributed by atoms with Crippen molar-refractivity contribution in [2.75, 3.05) is 31.8 Å². The molecule has 0 radical (unpaired) electrons. The predicted octanol–water partition coefficient (Wildman–Crippen LogP) is 2.14. The van der Waals surface area contributed by atoms with E-state index in [9.17, 15) is 4.79 Å². The second-order valence-electron chi connectivity index (χ2n) is 4.87. The summed E-state index contributed by atoms with van der Waals surface area (Å²) in [5.74, 6) is 1.60. The van der Waals surface area contributed by atoms with Gasteiger partial charge in [0.15, 0.2) is 0 Å². The van der Waals surface area contributed by atoms with Gasteiger partial charge in [-0.2, -0.15) is 11.8 Å². The number of rotatable bonds is 11. The van der Waals surface area contributed by atoms with E-state index in [2.05, 4.69) is 5.32 Å². The fraction of sp³-hybridized carbons (Fsp3) is 0.562. The molecule has 0 bridgehead atoms. The van der Waals surface area contributed by atoms with Crippen LogP contribution < -0.4 is 11.1 Å². The van der Waals surface area contributed by atoms with E-state index in [-0.39, 0.29) is 5.91 Å². The van der Waals surface area contributed by atoms with Crippen molar-refractivity contribution < 1.29 is 9.53 Å². The van der Waals surface area contributed by atoms with Crippen LogP contribution >= 0.6 is 11.8 Å². The summed E-state index contributed by atoms with van der Waals surface area (Å²) >= 11 is 1.83. The summed E-state index contributed by atoms with van der Waals surface area (Å²) in [6.45, 7) is 3.47. The molecule has 21 heavy (non-hydrogen) atoms. The van der Waals surface area contributed by atoms with Crippen molar-refractivity contribution in [3.05, 3.63) is 35.9 Å². The first-order valence-corrected chi connectivity index (χ1v) is 8.50. The zero-order chi connectivity index (χ0) is 15.6. The van der Waals surface area contributed by atoms with Crippen LogP contribution in [0.25, 0.3) is 0 Å². The smallest absolute Gasteiger partial charge is 0.242 e. The van der Waals surface area contributed by atoms with E-state index in [4.69, 9.17) is 10.5 Å². The standard InChI is InChI=1S/C16H26N2O2S/c1-3-18-16(15(17)19,14-8-5-4-6-9-14)10-13-21-12-7-11-20-2/h4-6,8-9,18H,3,7,10-13H2,1-2H3,(H2,17,19). The van der Waals surface area contributed by atoms with Crippen LogP contribution in [0, 0.1) is 0 Å². The molecule has 4 nitrogen and oxygen atoms in total. The van der Waals surface area contributed by atoms with Crippen molar-refractivity contribution in [3.63, 3.8) is 0 Å². The van der Waals surface area contributed by atoms with Gasteiger partial charge in [-0.15, -0.1) is 0 Å². The number of primary amides is 1. The number of ether oxygens (including phenoxy) is 1. The lowest BCUT2D eigenvalue weighted by molar-refractivity contribution is -0.124. The molecule has 0 spiro atoms. The second-order valence-corrected chi connectivity index (χ2v) is 6.10. The summed E-state index contributed by atoms with van der Waals surface area (Å²) in [4.78, 5) is 12.1. The lowest BCUT2D eigenvalue weighted by Crippen LogP contribution is -2.53. The number of hydrogen-bond donors (Lipinski definition) is 2. The van der Waals surface area contributed by atoms with Gasteiger partial charge >= 0.3 is 0 Å². The fourth-order valence-corrected chi connectivity index (χ4v) is 3.32. The van der Waals surface area contributed by atoms with Crippen LogP contribution in [0.15, 0.2) is 30.3 Å². The molecule has 118 valence electrons. The molecule has 1 aromatic carbocycles. The van der Waals surface area contributed by atoms with E-state index in [0.29, 0.717) is 13.0 Å². The zero-order valence-corrected chi connectivity index (χ0v) is 13.7. The number of methoxy groups -OCH3 is 1. The molecule has 0 fully saturated rings. The Bertz CT molecular complexity index is 414. The van der Waals surface area contributed by atoms with Crippen molar-refractivity contribution in [1.29, 1.82) is 0 Å². The normalized spacial score (nSPS) is 13.8. The molecule has 5 heteroatoms. The van der Waals surface area contributed by atoms with E-state index in [1.807, 2.05) is 49.0 Å². The molecule has 1 unspecified atom stereocenters. The molecule has 3 N–H and O–H groups in total. The maximum atomic E-state index is 12.1. The van der Waals surface area contributed by atoms with Crippen molar-refractivity contribution in [1.82, 2.24) is 5.32 Å². The van der Waals surface area contributed by atoms with Gasteiger partial charge in [0.05, 0.1) is 0 Å². The molecule has 1 amide bonds. The molecule has 1 rings (SSSR count). The van der Waals surface area contributed by atoms with Gasteiger partial charge in [-0.1, -0.05) is 37.3 Å². The van der Waals surface area contributed by atoms with E-state index >= 15 is 0 Å². The van der Waals surface area contributed by atoms with Crippen LogP contribution in [-0.4, -0.2) is 37.7 Å². The van der Waals surface area contributed by atoms with Crippen LogP contribution in [0.4, 0.5) is 0 Å². The molecular formula is C16H26N2O2S. The Morgan fingerprint density at radius 1 is 1.33 bits per heavy atom. The summed E-state index contributed by atoms with van der Waals surface area (Å²) in [6.07, 6.45) is 1.72. The third-order valence-electron chi connectivity index (χ3n) is 3.42. The van der Waals surface area contributed by atoms with E-state index in [0.717, 1.165) is 30.1 Å². The Morgan fingerprint density at radius 2 is 2.05 bits per heavy atom. The molecular weight excluding hydrogens is 284 g/mol.